The van der Waals surface area contributed by atoms with Crippen molar-refractivity contribution in [1.82, 2.24) is 0 Å². The van der Waals surface area contributed by atoms with Crippen molar-refractivity contribution in [2.75, 3.05) is 39.1 Å². The number of nitrogens with zero attached hydrogens (tertiary/aromatic N) is 1. The number of hydrogen-bond donors (Lipinski definition) is 3. The van der Waals surface area contributed by atoms with Crippen molar-refractivity contribution >= 4 is 11.6 Å². The van der Waals surface area contributed by atoms with Crippen LogP contribution in [0.3, 0.4) is 0 Å². The van der Waals surface area contributed by atoms with Crippen molar-refractivity contribution in [1.29, 1.82) is 0 Å². The number of carbonyl (C=O) groups excluding carboxylic acids is 1. The molecule has 6 nitrogen and oxygen atoms in total. The van der Waals surface area contributed by atoms with Gasteiger partial charge in [0.1, 0.15) is 24.1 Å². The second-order valence-corrected chi connectivity index (χ2v) is 8.35. The van der Waals surface area contributed by atoms with Gasteiger partial charge in [-0.2, -0.15) is 0 Å². The average molecular weight is 385 g/mol. The topological polar surface area (TPSA) is 78.8 Å². The van der Waals surface area contributed by atoms with Gasteiger partial charge in [-0.05, 0) is 25.5 Å². The first-order chi connectivity index (χ1) is 13.1. The summed E-state index contributed by atoms with van der Waals surface area (Å²) in [5.74, 6) is 0.140. The number of aliphatic hydroxyl groups excluding tert-OH is 1. The van der Waals surface area contributed by atoms with Crippen LogP contribution in [0.5, 0.6) is 11.5 Å². The van der Waals surface area contributed by atoms with E-state index in [0.717, 1.165) is 13.0 Å². The first-order valence-electron chi connectivity index (χ1n) is 9.50. The Morgan fingerprint density at radius 2 is 1.82 bits per heavy atom. The Hall–Kier alpha value is -2.57. The molecule has 3 rings (SSSR count). The fourth-order valence-corrected chi connectivity index (χ4v) is 3.76. The van der Waals surface area contributed by atoms with Crippen LogP contribution >= 0.6 is 0 Å². The van der Waals surface area contributed by atoms with Gasteiger partial charge in [0.25, 0.3) is 5.91 Å². The third-order valence-electron chi connectivity index (χ3n) is 5.04. The number of likely N-dealkylation sites (N-methyl/N-ethyl adjacent to an activating group) is 1. The number of nitrogens with one attached hydrogen (secondary N) is 1. The summed E-state index contributed by atoms with van der Waals surface area (Å²) < 4.78 is 6.13. The SMILES string of the molecule is Cc1cc(C)cc(CC[N+](C)(C)CC(O)c2cc(O)cc3c2OCC(=O)N3)c1. The van der Waals surface area contributed by atoms with Crippen LogP contribution < -0.4 is 10.1 Å². The van der Waals surface area contributed by atoms with Gasteiger partial charge in [-0.15, -0.1) is 0 Å². The van der Waals surface area contributed by atoms with Gasteiger partial charge in [-0.3, -0.25) is 4.79 Å². The summed E-state index contributed by atoms with van der Waals surface area (Å²) >= 11 is 0. The summed E-state index contributed by atoms with van der Waals surface area (Å²) in [6.45, 7) is 5.42. The Balaban J connectivity index is 1.72. The van der Waals surface area contributed by atoms with Crippen molar-refractivity contribution in [2.24, 2.45) is 0 Å². The van der Waals surface area contributed by atoms with Gasteiger partial charge < -0.3 is 24.7 Å². The lowest BCUT2D eigenvalue weighted by Crippen LogP contribution is -2.44. The number of phenolic OH excluding ortho intramolecular Hbond substituents is 1. The zero-order valence-corrected chi connectivity index (χ0v) is 17.0. The van der Waals surface area contributed by atoms with Crippen LogP contribution in [0, 0.1) is 13.8 Å². The summed E-state index contributed by atoms with van der Waals surface area (Å²) in [6.07, 6.45) is 0.0811. The highest BCUT2D eigenvalue weighted by atomic mass is 16.5. The number of aliphatic hydroxyl groups is 1. The predicted molar refractivity (Wildman–Crippen MR) is 109 cm³/mol. The number of fused-ring (bicyclic) bond motifs is 1. The molecule has 0 fully saturated rings. The minimum Gasteiger partial charge on any atom is -0.508 e. The van der Waals surface area contributed by atoms with Crippen molar-refractivity contribution in [2.45, 2.75) is 26.4 Å². The van der Waals surface area contributed by atoms with E-state index >= 15 is 0 Å². The van der Waals surface area contributed by atoms with E-state index in [1.165, 1.54) is 28.8 Å². The number of quaternary nitrogens is 1. The Kier molecular flexibility index (Phi) is 5.63. The highest BCUT2D eigenvalue weighted by Gasteiger charge is 2.28. The number of amides is 1. The lowest BCUT2D eigenvalue weighted by molar-refractivity contribution is -0.893. The molecule has 2 aromatic rings. The van der Waals surface area contributed by atoms with Gasteiger partial charge in [0.05, 0.1) is 26.3 Å². The summed E-state index contributed by atoms with van der Waals surface area (Å²) in [5, 5.41) is 23.5. The van der Waals surface area contributed by atoms with E-state index in [1.807, 2.05) is 0 Å². The Bertz CT molecular complexity index is 872. The molecule has 0 aromatic heterocycles. The predicted octanol–water partition coefficient (Wildman–Crippen LogP) is 2.69. The van der Waals surface area contributed by atoms with Gasteiger partial charge >= 0.3 is 0 Å². The zero-order chi connectivity index (χ0) is 20.5. The molecule has 1 amide bonds. The fourth-order valence-electron chi connectivity index (χ4n) is 3.76. The minimum atomic E-state index is -0.829. The van der Waals surface area contributed by atoms with Gasteiger partial charge in [0, 0.05) is 18.1 Å². The van der Waals surface area contributed by atoms with E-state index in [0.29, 0.717) is 28.0 Å². The highest BCUT2D eigenvalue weighted by molar-refractivity contribution is 5.96. The van der Waals surface area contributed by atoms with Crippen LogP contribution in [0.4, 0.5) is 5.69 Å². The molecule has 0 saturated heterocycles. The van der Waals surface area contributed by atoms with Crippen LogP contribution in [0.15, 0.2) is 30.3 Å². The largest absolute Gasteiger partial charge is 0.508 e. The summed E-state index contributed by atoms with van der Waals surface area (Å²) in [6, 6.07) is 9.50. The number of phenols is 1. The third-order valence-corrected chi connectivity index (χ3v) is 5.04. The maximum atomic E-state index is 11.5. The van der Waals surface area contributed by atoms with Crippen LogP contribution in [0.25, 0.3) is 0 Å². The van der Waals surface area contributed by atoms with Gasteiger partial charge in [-0.1, -0.05) is 29.3 Å². The molecule has 28 heavy (non-hydrogen) atoms. The van der Waals surface area contributed by atoms with E-state index in [4.69, 9.17) is 4.74 Å². The van der Waals surface area contributed by atoms with Crippen LogP contribution in [-0.2, 0) is 11.2 Å². The number of aryl methyl sites for hydroxylation is 2. The molecule has 0 radical (unpaired) electrons. The minimum absolute atomic E-state index is 0.0147. The maximum Gasteiger partial charge on any atom is 0.262 e. The second kappa shape index (κ2) is 7.81. The number of rotatable bonds is 6. The Labute approximate surface area is 166 Å². The quantitative estimate of drug-likeness (QED) is 0.668. The van der Waals surface area contributed by atoms with E-state index in [-0.39, 0.29) is 18.3 Å². The highest BCUT2D eigenvalue weighted by Crippen LogP contribution is 2.39. The van der Waals surface area contributed by atoms with E-state index in [2.05, 4.69) is 51.5 Å². The Morgan fingerprint density at radius 3 is 2.50 bits per heavy atom. The smallest absolute Gasteiger partial charge is 0.262 e. The number of benzene rings is 2. The number of hydrogen-bond acceptors (Lipinski definition) is 4. The normalized spacial score (nSPS) is 14.8. The summed E-state index contributed by atoms with van der Waals surface area (Å²) in [7, 11) is 4.15. The van der Waals surface area contributed by atoms with Crippen molar-refractivity contribution in [3.63, 3.8) is 0 Å². The number of ether oxygens (including phenoxy) is 1. The van der Waals surface area contributed by atoms with Crippen LogP contribution in [-0.4, -0.2) is 54.4 Å². The molecular weight excluding hydrogens is 356 g/mol. The molecule has 1 aliphatic rings. The van der Waals surface area contributed by atoms with E-state index in [9.17, 15) is 15.0 Å². The first-order valence-corrected chi connectivity index (χ1v) is 9.50. The van der Waals surface area contributed by atoms with Crippen molar-refractivity contribution in [3.05, 3.63) is 52.6 Å². The molecule has 1 heterocycles. The number of aromatic hydroxyl groups is 1. The third kappa shape index (κ3) is 4.82. The molecular formula is C22H29N2O4+. The van der Waals surface area contributed by atoms with Crippen molar-refractivity contribution < 1.29 is 24.2 Å². The fraction of sp³-hybridized carbons (Fsp3) is 0.409. The summed E-state index contributed by atoms with van der Waals surface area (Å²) in [4.78, 5) is 11.5. The molecule has 2 aromatic carbocycles. The van der Waals surface area contributed by atoms with Crippen LogP contribution in [0.1, 0.15) is 28.4 Å². The summed E-state index contributed by atoms with van der Waals surface area (Å²) in [5.41, 5.74) is 4.69. The lowest BCUT2D eigenvalue weighted by atomic mass is 10.0. The maximum absolute atomic E-state index is 11.5. The van der Waals surface area contributed by atoms with Gasteiger partial charge in [0.2, 0.25) is 0 Å². The second-order valence-electron chi connectivity index (χ2n) is 8.35. The van der Waals surface area contributed by atoms with Gasteiger partial charge in [0.15, 0.2) is 6.61 Å². The molecule has 0 aliphatic carbocycles. The average Bonchev–Trinajstić information content (AvgIpc) is 2.57. The van der Waals surface area contributed by atoms with Crippen molar-refractivity contribution in [3.8, 4) is 11.5 Å². The monoisotopic (exact) mass is 385 g/mol. The molecule has 0 bridgehead atoms. The Morgan fingerprint density at radius 1 is 1.14 bits per heavy atom. The van der Waals surface area contributed by atoms with Gasteiger partial charge in [-0.25, -0.2) is 0 Å². The molecule has 6 heteroatoms. The standard InChI is InChI=1S/C22H28N2O4/c1-14-7-15(2)9-16(8-14)5-6-24(3,4)12-20(26)18-10-17(25)11-19-22(18)28-13-21(27)23-19/h7-11,20,26H,5-6,12-13H2,1-4H3,(H-,23,25,27)/p+1. The molecule has 1 unspecified atom stereocenters. The molecule has 3 N–H and O–H groups in total. The zero-order valence-electron chi connectivity index (χ0n) is 17.0. The first kappa shape index (κ1) is 20.2. The molecule has 0 spiro atoms. The van der Waals surface area contributed by atoms with E-state index < -0.39 is 6.10 Å². The molecule has 1 aliphatic heterocycles. The number of carbonyl (C=O) groups is 1. The molecule has 0 saturated carbocycles. The number of anilines is 1. The van der Waals surface area contributed by atoms with Crippen LogP contribution in [0.2, 0.25) is 0 Å². The van der Waals surface area contributed by atoms with E-state index in [1.54, 1.807) is 0 Å². The molecule has 1 atom stereocenters. The molecule has 150 valence electrons. The lowest BCUT2D eigenvalue weighted by Gasteiger charge is -2.33.